The van der Waals surface area contributed by atoms with Gasteiger partial charge in [-0.2, -0.15) is 0 Å². The summed E-state index contributed by atoms with van der Waals surface area (Å²) in [6.07, 6.45) is 0.789. The van der Waals surface area contributed by atoms with Crippen LogP contribution in [-0.4, -0.2) is 27.9 Å². The SMILES string of the molecule is Cc1cc(NC(=O)[C@@H]2Cc3ccc(N)cc3CN2C(=O)CC(C)(C)C)c(C)c(C)c1O.Cl. The second-order valence-corrected chi connectivity index (χ2v) is 9.84. The number of phenolic OH excluding ortho intramolecular Hbond substituents is 1. The Labute approximate surface area is 196 Å². The molecule has 2 aromatic carbocycles. The highest BCUT2D eigenvalue weighted by Crippen LogP contribution is 2.32. The van der Waals surface area contributed by atoms with Crippen molar-refractivity contribution in [2.24, 2.45) is 5.41 Å². The van der Waals surface area contributed by atoms with Crippen LogP contribution in [0, 0.1) is 26.2 Å². The molecule has 1 heterocycles. The summed E-state index contributed by atoms with van der Waals surface area (Å²) in [6.45, 7) is 11.9. The van der Waals surface area contributed by atoms with Crippen LogP contribution in [0.15, 0.2) is 24.3 Å². The van der Waals surface area contributed by atoms with Crippen LogP contribution in [0.2, 0.25) is 0 Å². The molecule has 0 saturated carbocycles. The zero-order valence-corrected chi connectivity index (χ0v) is 20.5. The molecule has 0 aromatic heterocycles. The Hall–Kier alpha value is -2.73. The number of halogens is 1. The third kappa shape index (κ3) is 5.36. The number of nitrogens with zero attached hydrogens (tertiary/aromatic N) is 1. The number of nitrogens with two attached hydrogens (primary N) is 1. The van der Waals surface area contributed by atoms with Gasteiger partial charge in [-0.3, -0.25) is 9.59 Å². The maximum atomic E-state index is 13.4. The van der Waals surface area contributed by atoms with Gasteiger partial charge in [0.15, 0.2) is 0 Å². The van der Waals surface area contributed by atoms with Crippen LogP contribution < -0.4 is 11.1 Å². The van der Waals surface area contributed by atoms with E-state index >= 15 is 0 Å². The number of fused-ring (bicyclic) bond motifs is 1. The molecule has 2 amide bonds. The predicted molar refractivity (Wildman–Crippen MR) is 131 cm³/mol. The standard InChI is InChI=1S/C25H33N3O3.ClH/c1-14-9-20(15(2)16(3)23(14)30)27-24(31)21-11-17-7-8-19(26)10-18(17)13-28(21)22(29)12-25(4,5)6;/h7-10,21,30H,11-13,26H2,1-6H3,(H,27,31);1H/t21-;/m0./s1. The van der Waals surface area contributed by atoms with Gasteiger partial charge in [-0.15, -0.1) is 12.4 Å². The molecule has 3 rings (SSSR count). The van der Waals surface area contributed by atoms with Crippen LogP contribution in [0.1, 0.15) is 55.0 Å². The molecule has 6 nitrogen and oxygen atoms in total. The van der Waals surface area contributed by atoms with Crippen molar-refractivity contribution in [2.45, 2.75) is 67.0 Å². The second-order valence-electron chi connectivity index (χ2n) is 9.84. The molecule has 0 saturated heterocycles. The van der Waals surface area contributed by atoms with Gasteiger partial charge < -0.3 is 21.1 Å². The van der Waals surface area contributed by atoms with Crippen LogP contribution in [0.5, 0.6) is 5.75 Å². The number of anilines is 2. The Morgan fingerprint density at radius 2 is 1.78 bits per heavy atom. The fourth-order valence-corrected chi connectivity index (χ4v) is 4.07. The van der Waals surface area contributed by atoms with Gasteiger partial charge in [0.1, 0.15) is 11.8 Å². The quantitative estimate of drug-likeness (QED) is 0.459. The molecular weight excluding hydrogens is 426 g/mol. The van der Waals surface area contributed by atoms with Crippen LogP contribution in [0.3, 0.4) is 0 Å². The zero-order valence-electron chi connectivity index (χ0n) is 19.7. The molecule has 0 aliphatic carbocycles. The number of rotatable bonds is 3. The summed E-state index contributed by atoms with van der Waals surface area (Å²) in [5.41, 5.74) is 11.3. The number of nitrogens with one attached hydrogen (secondary N) is 1. The van der Waals surface area contributed by atoms with Crippen molar-refractivity contribution < 1.29 is 14.7 Å². The highest BCUT2D eigenvalue weighted by Gasteiger charge is 2.36. The second kappa shape index (κ2) is 9.41. The number of carbonyl (C=O) groups excluding carboxylic acids is 2. The van der Waals surface area contributed by atoms with E-state index in [9.17, 15) is 14.7 Å². The molecule has 0 spiro atoms. The van der Waals surface area contributed by atoms with E-state index in [0.717, 1.165) is 22.3 Å². The summed E-state index contributed by atoms with van der Waals surface area (Å²) < 4.78 is 0. The van der Waals surface area contributed by atoms with Gasteiger partial charge in [0.05, 0.1) is 0 Å². The lowest BCUT2D eigenvalue weighted by atomic mass is 9.88. The molecule has 0 unspecified atom stereocenters. The number of carbonyl (C=O) groups is 2. The minimum absolute atomic E-state index is 0. The predicted octanol–water partition coefficient (Wildman–Crippen LogP) is 4.65. The Bertz CT molecular complexity index is 1040. The number of amides is 2. The van der Waals surface area contributed by atoms with E-state index in [-0.39, 0.29) is 35.4 Å². The van der Waals surface area contributed by atoms with Gasteiger partial charge in [-0.05, 0) is 72.2 Å². The molecule has 1 atom stereocenters. The smallest absolute Gasteiger partial charge is 0.247 e. The van der Waals surface area contributed by atoms with Crippen molar-refractivity contribution in [3.63, 3.8) is 0 Å². The monoisotopic (exact) mass is 459 g/mol. The zero-order chi connectivity index (χ0) is 23.1. The molecule has 1 aliphatic rings. The minimum Gasteiger partial charge on any atom is -0.507 e. The van der Waals surface area contributed by atoms with Crippen LogP contribution in [-0.2, 0) is 22.6 Å². The number of aryl methyl sites for hydroxylation is 1. The summed E-state index contributed by atoms with van der Waals surface area (Å²) in [7, 11) is 0. The Balaban J connectivity index is 0.00000363. The van der Waals surface area contributed by atoms with Crippen LogP contribution >= 0.6 is 12.4 Å². The molecule has 32 heavy (non-hydrogen) atoms. The average Bonchev–Trinajstić information content (AvgIpc) is 2.68. The molecule has 174 valence electrons. The molecule has 2 aromatic rings. The third-order valence-corrected chi connectivity index (χ3v) is 5.98. The van der Waals surface area contributed by atoms with Crippen molar-refractivity contribution >= 4 is 35.6 Å². The summed E-state index contributed by atoms with van der Waals surface area (Å²) in [5, 5.41) is 13.2. The lowest BCUT2D eigenvalue weighted by Gasteiger charge is -2.37. The van der Waals surface area contributed by atoms with E-state index in [1.807, 2.05) is 52.8 Å². The molecule has 4 N–H and O–H groups in total. The summed E-state index contributed by atoms with van der Waals surface area (Å²) in [6, 6.07) is 6.82. The lowest BCUT2D eigenvalue weighted by molar-refractivity contribution is -0.141. The van der Waals surface area contributed by atoms with E-state index in [0.29, 0.717) is 36.3 Å². The van der Waals surface area contributed by atoms with Gasteiger partial charge >= 0.3 is 0 Å². The molecular formula is C25H34ClN3O3. The van der Waals surface area contributed by atoms with E-state index in [1.165, 1.54) is 0 Å². The number of aromatic hydroxyl groups is 1. The maximum Gasteiger partial charge on any atom is 0.247 e. The molecule has 0 fully saturated rings. The third-order valence-electron chi connectivity index (χ3n) is 5.98. The van der Waals surface area contributed by atoms with Gasteiger partial charge in [0.2, 0.25) is 11.8 Å². The van der Waals surface area contributed by atoms with Crippen molar-refractivity contribution in [1.29, 1.82) is 0 Å². The van der Waals surface area contributed by atoms with E-state index in [2.05, 4.69) is 5.32 Å². The minimum atomic E-state index is -0.611. The first-order chi connectivity index (χ1) is 14.4. The Morgan fingerprint density at radius 3 is 2.41 bits per heavy atom. The van der Waals surface area contributed by atoms with Crippen LogP contribution in [0.4, 0.5) is 11.4 Å². The molecule has 0 radical (unpaired) electrons. The largest absolute Gasteiger partial charge is 0.507 e. The van der Waals surface area contributed by atoms with Gasteiger partial charge in [0.25, 0.3) is 0 Å². The first kappa shape index (κ1) is 25.5. The average molecular weight is 460 g/mol. The van der Waals surface area contributed by atoms with Crippen LogP contribution in [0.25, 0.3) is 0 Å². The van der Waals surface area contributed by atoms with E-state index in [1.54, 1.807) is 17.9 Å². The maximum absolute atomic E-state index is 13.4. The summed E-state index contributed by atoms with van der Waals surface area (Å²) in [5.74, 6) is -0.0329. The fourth-order valence-electron chi connectivity index (χ4n) is 4.07. The fraction of sp³-hybridized carbons (Fsp3) is 0.440. The van der Waals surface area contributed by atoms with Gasteiger partial charge in [-0.25, -0.2) is 0 Å². The number of hydrogen-bond donors (Lipinski definition) is 3. The van der Waals surface area contributed by atoms with Crippen molar-refractivity contribution in [3.8, 4) is 5.75 Å². The lowest BCUT2D eigenvalue weighted by Crippen LogP contribution is -2.51. The van der Waals surface area contributed by atoms with E-state index in [4.69, 9.17) is 5.73 Å². The molecule has 7 heteroatoms. The summed E-state index contributed by atoms with van der Waals surface area (Å²) in [4.78, 5) is 28.2. The summed E-state index contributed by atoms with van der Waals surface area (Å²) >= 11 is 0. The van der Waals surface area contributed by atoms with Gasteiger partial charge in [-0.1, -0.05) is 26.8 Å². The van der Waals surface area contributed by atoms with Gasteiger partial charge in [0, 0.05) is 30.8 Å². The molecule has 0 bridgehead atoms. The number of benzene rings is 2. The topological polar surface area (TPSA) is 95.7 Å². The van der Waals surface area contributed by atoms with Crippen molar-refractivity contribution in [1.82, 2.24) is 4.90 Å². The van der Waals surface area contributed by atoms with Crippen molar-refractivity contribution in [3.05, 3.63) is 52.1 Å². The Kier molecular flexibility index (Phi) is 7.51. The van der Waals surface area contributed by atoms with Crippen molar-refractivity contribution in [2.75, 3.05) is 11.1 Å². The highest BCUT2D eigenvalue weighted by atomic mass is 35.5. The Morgan fingerprint density at radius 1 is 1.12 bits per heavy atom. The highest BCUT2D eigenvalue weighted by molar-refractivity contribution is 5.98. The first-order valence-electron chi connectivity index (χ1n) is 10.6. The van der Waals surface area contributed by atoms with E-state index < -0.39 is 6.04 Å². The number of hydrogen-bond acceptors (Lipinski definition) is 4. The number of nitrogen functional groups attached to an aromatic ring is 1. The first-order valence-corrected chi connectivity index (χ1v) is 10.6. The normalized spacial score (nSPS) is 15.6. The molecule has 1 aliphatic heterocycles. The number of phenols is 1.